The van der Waals surface area contributed by atoms with Gasteiger partial charge in [-0.1, -0.05) is 11.6 Å². The molecule has 0 saturated heterocycles. The second-order valence-electron chi connectivity index (χ2n) is 5.82. The maximum Gasteiger partial charge on any atom is 0.265 e. The summed E-state index contributed by atoms with van der Waals surface area (Å²) in [7, 11) is -3.94. The van der Waals surface area contributed by atoms with Crippen molar-refractivity contribution >= 4 is 33.2 Å². The quantitative estimate of drug-likeness (QED) is 0.846. The minimum atomic E-state index is -3.94. The van der Waals surface area contributed by atoms with Gasteiger partial charge in [0.15, 0.2) is 0 Å². The Morgan fingerprint density at radius 2 is 2.08 bits per heavy atom. The van der Waals surface area contributed by atoms with Gasteiger partial charge in [-0.3, -0.25) is 14.5 Å². The zero-order valence-electron chi connectivity index (χ0n) is 13.0. The Hall–Kier alpha value is -2.32. The molecule has 0 aliphatic carbocycles. The lowest BCUT2D eigenvalue weighted by atomic mass is 10.1. The monoisotopic (exact) mass is 379 g/mol. The number of pyridine rings is 1. The molecule has 1 amide bonds. The maximum atomic E-state index is 12.8. The van der Waals surface area contributed by atoms with Gasteiger partial charge in [0.25, 0.3) is 15.9 Å². The number of rotatable bonds is 3. The highest BCUT2D eigenvalue weighted by molar-refractivity contribution is 7.92. The molecule has 0 fully saturated rings. The highest BCUT2D eigenvalue weighted by Gasteiger charge is 2.27. The number of fused-ring (bicyclic) bond motifs is 2. The van der Waals surface area contributed by atoms with Crippen LogP contribution < -0.4 is 14.8 Å². The molecule has 2 N–H and O–H groups in total. The van der Waals surface area contributed by atoms with Crippen LogP contribution in [0.15, 0.2) is 29.3 Å². The first-order valence-electron chi connectivity index (χ1n) is 7.69. The number of nitrogens with zero attached hydrogens (tertiary/aromatic N) is 1. The molecule has 9 heteroatoms. The van der Waals surface area contributed by atoms with Crippen molar-refractivity contribution < 1.29 is 17.9 Å². The van der Waals surface area contributed by atoms with Crippen molar-refractivity contribution in [3.63, 3.8) is 0 Å². The number of benzene rings is 1. The summed E-state index contributed by atoms with van der Waals surface area (Å²) in [6, 6.07) is 4.54. The van der Waals surface area contributed by atoms with Crippen molar-refractivity contribution in [2.75, 3.05) is 17.9 Å². The van der Waals surface area contributed by atoms with Crippen molar-refractivity contribution in [3.8, 4) is 5.75 Å². The molecule has 4 rings (SSSR count). The number of sulfonamides is 1. The standard InChI is InChI=1S/C16H14ClN3O4S/c17-10-5-9-2-4-24-15(9)14(6-10)25(22,23)20-11-7-12-13(19-8-11)1-3-18-16(12)21/h5-8,20H,1-4H2,(H,18,21). The number of amides is 1. The fourth-order valence-electron chi connectivity index (χ4n) is 2.98. The summed E-state index contributed by atoms with van der Waals surface area (Å²) >= 11 is 6.04. The minimum absolute atomic E-state index is 0.0188. The molecule has 0 unspecified atom stereocenters. The summed E-state index contributed by atoms with van der Waals surface area (Å²) in [5.41, 5.74) is 2.00. The van der Waals surface area contributed by atoms with Gasteiger partial charge in [0.1, 0.15) is 10.6 Å². The Bertz CT molecular complexity index is 991. The zero-order valence-corrected chi connectivity index (χ0v) is 14.6. The zero-order chi connectivity index (χ0) is 17.6. The van der Waals surface area contributed by atoms with E-state index in [0.717, 1.165) is 5.56 Å². The van der Waals surface area contributed by atoms with E-state index in [4.69, 9.17) is 16.3 Å². The first-order valence-corrected chi connectivity index (χ1v) is 9.55. The third kappa shape index (κ3) is 2.91. The topological polar surface area (TPSA) is 97.4 Å². The van der Waals surface area contributed by atoms with E-state index in [-0.39, 0.29) is 16.5 Å². The van der Waals surface area contributed by atoms with Gasteiger partial charge in [0.05, 0.1) is 29.7 Å². The van der Waals surface area contributed by atoms with Crippen LogP contribution >= 0.6 is 11.6 Å². The van der Waals surface area contributed by atoms with Crippen LogP contribution in [0, 0.1) is 0 Å². The smallest absolute Gasteiger partial charge is 0.265 e. The molecule has 2 aliphatic heterocycles. The second kappa shape index (κ2) is 5.89. The van der Waals surface area contributed by atoms with E-state index in [1.807, 2.05) is 0 Å². The molecule has 1 aromatic carbocycles. The summed E-state index contributed by atoms with van der Waals surface area (Å²) in [6.45, 7) is 0.939. The second-order valence-corrected chi connectivity index (χ2v) is 7.91. The summed E-state index contributed by atoms with van der Waals surface area (Å²) in [4.78, 5) is 16.1. The average Bonchev–Trinajstić information content (AvgIpc) is 3.02. The van der Waals surface area contributed by atoms with Crippen LogP contribution in [0.2, 0.25) is 5.02 Å². The van der Waals surface area contributed by atoms with Crippen LogP contribution in [-0.4, -0.2) is 32.5 Å². The van der Waals surface area contributed by atoms with Crippen LogP contribution in [0.4, 0.5) is 5.69 Å². The van der Waals surface area contributed by atoms with Crippen LogP contribution in [0.25, 0.3) is 0 Å². The van der Waals surface area contributed by atoms with Crippen LogP contribution in [0.5, 0.6) is 5.75 Å². The molecule has 0 radical (unpaired) electrons. The number of carbonyl (C=O) groups excluding carboxylic acids is 1. The van der Waals surface area contributed by atoms with Crippen molar-refractivity contribution in [2.24, 2.45) is 0 Å². The Balaban J connectivity index is 1.72. The first kappa shape index (κ1) is 16.2. The van der Waals surface area contributed by atoms with Crippen LogP contribution in [-0.2, 0) is 22.9 Å². The highest BCUT2D eigenvalue weighted by atomic mass is 35.5. The fourth-order valence-corrected chi connectivity index (χ4v) is 4.53. The summed E-state index contributed by atoms with van der Waals surface area (Å²) in [5, 5.41) is 3.03. The number of nitrogens with one attached hydrogen (secondary N) is 2. The average molecular weight is 380 g/mol. The lowest BCUT2D eigenvalue weighted by molar-refractivity contribution is 0.0945. The Morgan fingerprint density at radius 3 is 2.92 bits per heavy atom. The molecule has 0 saturated carbocycles. The molecule has 1 aromatic heterocycles. The first-order chi connectivity index (χ1) is 11.9. The molecule has 130 valence electrons. The third-order valence-corrected chi connectivity index (χ3v) is 5.72. The van der Waals surface area contributed by atoms with Crippen LogP contribution in [0.3, 0.4) is 0 Å². The van der Waals surface area contributed by atoms with Crippen molar-refractivity contribution in [1.82, 2.24) is 10.3 Å². The van der Waals surface area contributed by atoms with Gasteiger partial charge >= 0.3 is 0 Å². The van der Waals surface area contributed by atoms with E-state index in [1.54, 1.807) is 6.07 Å². The number of ether oxygens (including phenoxy) is 1. The lowest BCUT2D eigenvalue weighted by Crippen LogP contribution is -2.32. The predicted octanol–water partition coefficient (Wildman–Crippen LogP) is 1.76. The van der Waals surface area contributed by atoms with Gasteiger partial charge in [-0.05, 0) is 18.2 Å². The molecule has 0 spiro atoms. The molecular formula is C16H14ClN3O4S. The Morgan fingerprint density at radius 1 is 1.24 bits per heavy atom. The lowest BCUT2D eigenvalue weighted by Gasteiger charge is -2.17. The van der Waals surface area contributed by atoms with Gasteiger partial charge in [0, 0.05) is 30.0 Å². The SMILES string of the molecule is O=C1NCCc2ncc(NS(=O)(=O)c3cc(Cl)cc4c3OCC4)cc21. The number of hydrogen-bond acceptors (Lipinski definition) is 5. The Kier molecular flexibility index (Phi) is 3.81. The fraction of sp³-hybridized carbons (Fsp3) is 0.250. The summed E-state index contributed by atoms with van der Waals surface area (Å²) < 4.78 is 33.5. The summed E-state index contributed by atoms with van der Waals surface area (Å²) in [6.07, 6.45) is 2.63. The van der Waals surface area contributed by atoms with E-state index in [2.05, 4.69) is 15.0 Å². The van der Waals surface area contributed by atoms with Crippen molar-refractivity contribution in [2.45, 2.75) is 17.7 Å². The normalized spacial score (nSPS) is 15.8. The minimum Gasteiger partial charge on any atom is -0.492 e. The van der Waals surface area contributed by atoms with Crippen LogP contribution in [0.1, 0.15) is 21.6 Å². The van der Waals surface area contributed by atoms with Gasteiger partial charge in [-0.15, -0.1) is 0 Å². The molecule has 3 heterocycles. The van der Waals surface area contributed by atoms with E-state index in [9.17, 15) is 13.2 Å². The van der Waals surface area contributed by atoms with Gasteiger partial charge in [0.2, 0.25) is 0 Å². The molecular weight excluding hydrogens is 366 g/mol. The highest BCUT2D eigenvalue weighted by Crippen LogP contribution is 2.36. The number of aromatic nitrogens is 1. The molecule has 0 bridgehead atoms. The molecule has 2 aliphatic rings. The van der Waals surface area contributed by atoms with Gasteiger partial charge in [-0.2, -0.15) is 0 Å². The molecule has 7 nitrogen and oxygen atoms in total. The molecule has 2 aromatic rings. The molecule has 25 heavy (non-hydrogen) atoms. The third-order valence-electron chi connectivity index (χ3n) is 4.12. The van der Waals surface area contributed by atoms with E-state index >= 15 is 0 Å². The van der Waals surface area contributed by atoms with Gasteiger partial charge < -0.3 is 10.1 Å². The number of hydrogen-bond donors (Lipinski definition) is 2. The van der Waals surface area contributed by atoms with Crippen molar-refractivity contribution in [3.05, 3.63) is 46.2 Å². The van der Waals surface area contributed by atoms with E-state index in [1.165, 1.54) is 18.3 Å². The predicted molar refractivity (Wildman–Crippen MR) is 91.7 cm³/mol. The largest absolute Gasteiger partial charge is 0.492 e. The molecule has 0 atom stereocenters. The Labute approximate surface area is 149 Å². The number of anilines is 1. The van der Waals surface area contributed by atoms with E-state index in [0.29, 0.717) is 48.0 Å². The van der Waals surface area contributed by atoms with E-state index < -0.39 is 10.0 Å². The summed E-state index contributed by atoms with van der Waals surface area (Å²) in [5.74, 6) is 0.0577. The number of halogens is 1. The number of carbonyl (C=O) groups is 1. The maximum absolute atomic E-state index is 12.8. The van der Waals surface area contributed by atoms with Crippen molar-refractivity contribution in [1.29, 1.82) is 0 Å². The van der Waals surface area contributed by atoms with Gasteiger partial charge in [-0.25, -0.2) is 8.42 Å².